The number of hydrogen-bond donors (Lipinski definition) is 2. The second kappa shape index (κ2) is 4.74. The van der Waals surface area contributed by atoms with E-state index in [0.29, 0.717) is 5.56 Å². The lowest BCUT2D eigenvalue weighted by Gasteiger charge is -2.45. The van der Waals surface area contributed by atoms with Crippen molar-refractivity contribution in [1.29, 1.82) is 0 Å². The minimum atomic E-state index is -3.90. The number of nitrogens with zero attached hydrogens (tertiary/aromatic N) is 1. The van der Waals surface area contributed by atoms with Gasteiger partial charge in [-0.2, -0.15) is 0 Å². The molecule has 118 valence electrons. The van der Waals surface area contributed by atoms with Crippen LogP contribution in [0, 0.1) is 0 Å². The van der Waals surface area contributed by atoms with Gasteiger partial charge in [0.25, 0.3) is 0 Å². The van der Waals surface area contributed by atoms with E-state index in [2.05, 4.69) is 5.32 Å². The number of thiophene rings is 1. The number of piperazine rings is 1. The highest BCUT2D eigenvalue weighted by Crippen LogP contribution is 2.42. The molecule has 0 spiro atoms. The van der Waals surface area contributed by atoms with E-state index in [-0.39, 0.29) is 32.3 Å². The van der Waals surface area contributed by atoms with Crippen LogP contribution in [0.4, 0.5) is 0 Å². The van der Waals surface area contributed by atoms with Gasteiger partial charge >= 0.3 is 0 Å². The van der Waals surface area contributed by atoms with E-state index in [1.54, 1.807) is 0 Å². The van der Waals surface area contributed by atoms with Crippen LogP contribution >= 0.6 is 11.3 Å². The Labute approximate surface area is 128 Å². The maximum atomic E-state index is 12.4. The van der Waals surface area contributed by atoms with Crippen molar-refractivity contribution in [2.75, 3.05) is 19.3 Å². The first-order valence-corrected chi connectivity index (χ1v) is 10.5. The standard InChI is InChI=1S/C11H17N3O4S3/c1-6-4-14(2)8-5-20(15,16)11-7(10(8)13-6)3-9(19-11)21(12,17)18/h3,6,8,10,13H,4-5H2,1-2H3,(H2,12,17,18)/t6-,8+,10+/m0/s1. The minimum Gasteiger partial charge on any atom is -0.305 e. The molecule has 0 aromatic carbocycles. The molecule has 0 bridgehead atoms. The minimum absolute atomic E-state index is 0.00847. The summed E-state index contributed by atoms with van der Waals surface area (Å²) in [6.07, 6.45) is 0. The van der Waals surface area contributed by atoms with E-state index in [9.17, 15) is 16.8 Å². The summed E-state index contributed by atoms with van der Waals surface area (Å²) in [5, 5.41) is 8.51. The summed E-state index contributed by atoms with van der Waals surface area (Å²) < 4.78 is 47.9. The fourth-order valence-corrected chi connectivity index (χ4v) is 7.49. The van der Waals surface area contributed by atoms with Crippen LogP contribution in [0.1, 0.15) is 18.5 Å². The molecule has 1 aromatic rings. The molecule has 0 saturated carbocycles. The highest BCUT2D eigenvalue weighted by molar-refractivity contribution is 7.95. The molecule has 1 saturated heterocycles. The van der Waals surface area contributed by atoms with Crippen molar-refractivity contribution in [3.8, 4) is 0 Å². The number of sulfonamides is 1. The summed E-state index contributed by atoms with van der Waals surface area (Å²) >= 11 is 0.748. The number of sulfone groups is 1. The van der Waals surface area contributed by atoms with E-state index >= 15 is 0 Å². The number of nitrogens with two attached hydrogens (primary N) is 1. The third-order valence-corrected chi connectivity index (χ3v) is 8.93. The molecule has 1 aromatic heterocycles. The SMILES string of the molecule is C[C@H]1CN(C)[C@@H]2CS(=O)(=O)c3sc(S(N)(=O)=O)cc3[C@H]2N1. The number of likely N-dealkylation sites (N-methyl/N-ethyl adjacent to an activating group) is 1. The van der Waals surface area contributed by atoms with E-state index in [1.165, 1.54) is 6.07 Å². The van der Waals surface area contributed by atoms with Crippen molar-refractivity contribution in [2.45, 2.75) is 33.5 Å². The smallest absolute Gasteiger partial charge is 0.247 e. The monoisotopic (exact) mass is 351 g/mol. The molecule has 3 N–H and O–H groups in total. The van der Waals surface area contributed by atoms with Crippen LogP contribution < -0.4 is 10.5 Å². The van der Waals surface area contributed by atoms with Gasteiger partial charge in [0.15, 0.2) is 9.84 Å². The van der Waals surface area contributed by atoms with Gasteiger partial charge in [0, 0.05) is 24.2 Å². The second-order valence-corrected chi connectivity index (χ2v) is 10.8. The number of primary sulfonamides is 1. The second-order valence-electron chi connectivity index (χ2n) is 5.69. The predicted octanol–water partition coefficient (Wildman–Crippen LogP) is -0.484. The Balaban J connectivity index is 2.18. The lowest BCUT2D eigenvalue weighted by atomic mass is 9.97. The third kappa shape index (κ3) is 2.53. The summed E-state index contributed by atoms with van der Waals surface area (Å²) in [5.41, 5.74) is 0.527. The lowest BCUT2D eigenvalue weighted by Crippen LogP contribution is -2.59. The Hall–Kier alpha value is -0.520. The number of hydrogen-bond acceptors (Lipinski definition) is 7. The number of rotatable bonds is 1. The maximum absolute atomic E-state index is 12.4. The quantitative estimate of drug-likeness (QED) is 0.707. The fraction of sp³-hybridized carbons (Fsp3) is 0.636. The molecule has 3 atom stereocenters. The van der Waals surface area contributed by atoms with Gasteiger partial charge in [-0.3, -0.25) is 4.90 Å². The van der Waals surface area contributed by atoms with Crippen molar-refractivity contribution in [2.24, 2.45) is 5.14 Å². The highest BCUT2D eigenvalue weighted by atomic mass is 32.3. The van der Waals surface area contributed by atoms with Crippen LogP contribution in [0.2, 0.25) is 0 Å². The predicted molar refractivity (Wildman–Crippen MR) is 79.5 cm³/mol. The van der Waals surface area contributed by atoms with E-state index in [0.717, 1.165) is 17.9 Å². The molecule has 2 aliphatic heterocycles. The first kappa shape index (κ1) is 15.4. The van der Waals surface area contributed by atoms with Crippen molar-refractivity contribution in [3.63, 3.8) is 0 Å². The van der Waals surface area contributed by atoms with E-state index < -0.39 is 19.9 Å². The summed E-state index contributed by atoms with van der Waals surface area (Å²) in [7, 11) is -5.49. The van der Waals surface area contributed by atoms with E-state index in [1.807, 2.05) is 18.9 Å². The summed E-state index contributed by atoms with van der Waals surface area (Å²) in [6.45, 7) is 2.76. The van der Waals surface area contributed by atoms with E-state index in [4.69, 9.17) is 5.14 Å². The Morgan fingerprint density at radius 3 is 2.76 bits per heavy atom. The molecular weight excluding hydrogens is 334 g/mol. The molecule has 10 heteroatoms. The molecule has 0 amide bonds. The van der Waals surface area contributed by atoms with Gasteiger partial charge in [-0.25, -0.2) is 22.0 Å². The van der Waals surface area contributed by atoms with Crippen molar-refractivity contribution >= 4 is 31.2 Å². The molecule has 3 heterocycles. The maximum Gasteiger partial charge on any atom is 0.247 e. The average Bonchev–Trinajstić information content (AvgIpc) is 2.77. The van der Waals surface area contributed by atoms with Gasteiger partial charge in [-0.15, -0.1) is 11.3 Å². The summed E-state index contributed by atoms with van der Waals surface area (Å²) in [4.78, 5) is 2.01. The third-order valence-electron chi connectivity index (χ3n) is 3.97. The topological polar surface area (TPSA) is 110 Å². The highest BCUT2D eigenvalue weighted by Gasteiger charge is 2.44. The van der Waals surface area contributed by atoms with Gasteiger partial charge in [0.05, 0.1) is 11.8 Å². The number of nitrogens with one attached hydrogen (secondary N) is 1. The van der Waals surface area contributed by atoms with Gasteiger partial charge in [-0.1, -0.05) is 0 Å². The van der Waals surface area contributed by atoms with Crippen molar-refractivity contribution < 1.29 is 16.8 Å². The molecule has 3 rings (SSSR count). The van der Waals surface area contributed by atoms with Gasteiger partial charge in [0.1, 0.15) is 8.42 Å². The van der Waals surface area contributed by atoms with Crippen LogP contribution in [0.15, 0.2) is 14.5 Å². The van der Waals surface area contributed by atoms with Gasteiger partial charge in [0.2, 0.25) is 10.0 Å². The molecule has 21 heavy (non-hydrogen) atoms. The van der Waals surface area contributed by atoms with Crippen LogP contribution in [-0.2, 0) is 19.9 Å². The fourth-order valence-electron chi connectivity index (χ4n) is 3.08. The molecule has 2 aliphatic rings. The Morgan fingerprint density at radius 1 is 1.48 bits per heavy atom. The first-order chi connectivity index (χ1) is 9.59. The molecule has 1 fully saturated rings. The van der Waals surface area contributed by atoms with Gasteiger partial charge in [-0.05, 0) is 20.0 Å². The summed E-state index contributed by atoms with van der Waals surface area (Å²) in [6, 6.07) is 1.22. The van der Waals surface area contributed by atoms with Gasteiger partial charge < -0.3 is 5.32 Å². The first-order valence-electron chi connectivity index (χ1n) is 6.45. The zero-order valence-corrected chi connectivity index (χ0v) is 14.1. The van der Waals surface area contributed by atoms with Crippen LogP contribution in [-0.4, -0.2) is 53.2 Å². The van der Waals surface area contributed by atoms with Crippen molar-refractivity contribution in [3.05, 3.63) is 11.6 Å². The zero-order chi connectivity index (χ0) is 15.6. The van der Waals surface area contributed by atoms with Crippen molar-refractivity contribution in [1.82, 2.24) is 10.2 Å². The van der Waals surface area contributed by atoms with Crippen LogP contribution in [0.5, 0.6) is 0 Å². The molecule has 0 radical (unpaired) electrons. The largest absolute Gasteiger partial charge is 0.305 e. The molecule has 0 unspecified atom stereocenters. The normalized spacial score (nSPS) is 32.4. The zero-order valence-electron chi connectivity index (χ0n) is 11.6. The van der Waals surface area contributed by atoms with Crippen LogP contribution in [0.25, 0.3) is 0 Å². The summed E-state index contributed by atoms with van der Waals surface area (Å²) in [5.74, 6) is -0.00847. The Kier molecular flexibility index (Phi) is 3.47. The number of fused-ring (bicyclic) bond motifs is 3. The Morgan fingerprint density at radius 2 is 2.14 bits per heavy atom. The average molecular weight is 351 g/mol. The molecule has 0 aliphatic carbocycles. The lowest BCUT2D eigenvalue weighted by molar-refractivity contribution is 0.132. The molecule has 7 nitrogen and oxygen atoms in total. The Bertz CT molecular complexity index is 784. The van der Waals surface area contributed by atoms with Crippen LogP contribution in [0.3, 0.4) is 0 Å². The molecular formula is C11H17N3O4S3.